The topological polar surface area (TPSA) is 89.9 Å². The summed E-state index contributed by atoms with van der Waals surface area (Å²) in [4.78, 5) is 17.7. The largest absolute Gasteiger partial charge is 0.507 e. The van der Waals surface area contributed by atoms with Gasteiger partial charge in [-0.15, -0.1) is 0 Å². The van der Waals surface area contributed by atoms with Gasteiger partial charge in [0.15, 0.2) is 0 Å². The predicted octanol–water partition coefficient (Wildman–Crippen LogP) is 3.88. The van der Waals surface area contributed by atoms with Crippen molar-refractivity contribution in [3.63, 3.8) is 0 Å². The standard InChI is InChI=1S/C24H28N4O2/c1-17-9-19-13-25-5-3-7-27-15-21-11-18(2)12-22(24(21)30)16-28-8-4-6-26-14-20(10-17)23(19)29/h9-16,29-30H,3-8H2,1-2H3. The number of aryl methyl sites for hydroxylation is 2. The van der Waals surface area contributed by atoms with Crippen molar-refractivity contribution >= 4 is 24.9 Å². The van der Waals surface area contributed by atoms with Crippen LogP contribution in [0.1, 0.15) is 46.2 Å². The molecule has 0 unspecified atom stereocenters. The summed E-state index contributed by atoms with van der Waals surface area (Å²) < 4.78 is 0. The molecule has 0 aromatic heterocycles. The van der Waals surface area contributed by atoms with Crippen molar-refractivity contribution in [2.75, 3.05) is 26.2 Å². The monoisotopic (exact) mass is 404 g/mol. The molecule has 0 radical (unpaired) electrons. The highest BCUT2D eigenvalue weighted by Gasteiger charge is 2.07. The Labute approximate surface area is 177 Å². The summed E-state index contributed by atoms with van der Waals surface area (Å²) in [5.41, 5.74) is 4.85. The van der Waals surface area contributed by atoms with Crippen LogP contribution < -0.4 is 0 Å². The van der Waals surface area contributed by atoms with Crippen molar-refractivity contribution in [2.24, 2.45) is 20.0 Å². The molecule has 1 aliphatic heterocycles. The van der Waals surface area contributed by atoms with Crippen LogP contribution in [0.2, 0.25) is 0 Å². The lowest BCUT2D eigenvalue weighted by molar-refractivity contribution is 0.473. The van der Waals surface area contributed by atoms with Gasteiger partial charge in [-0.2, -0.15) is 0 Å². The van der Waals surface area contributed by atoms with E-state index >= 15 is 0 Å². The number of hydrogen-bond acceptors (Lipinski definition) is 6. The third kappa shape index (κ3) is 5.86. The third-order valence-electron chi connectivity index (χ3n) is 4.70. The molecule has 6 nitrogen and oxygen atoms in total. The average Bonchev–Trinajstić information content (AvgIpc) is 2.71. The fraction of sp³-hybridized carbons (Fsp3) is 0.333. The van der Waals surface area contributed by atoms with E-state index in [1.54, 1.807) is 24.9 Å². The summed E-state index contributed by atoms with van der Waals surface area (Å²) in [6.45, 7) is 6.39. The second-order valence-corrected chi connectivity index (χ2v) is 7.43. The number of nitrogens with zero attached hydrogens (tertiary/aromatic N) is 4. The number of fused-ring (bicyclic) bond motifs is 4. The van der Waals surface area contributed by atoms with Gasteiger partial charge < -0.3 is 10.2 Å². The molecule has 0 fully saturated rings. The van der Waals surface area contributed by atoms with E-state index < -0.39 is 0 Å². The zero-order valence-corrected chi connectivity index (χ0v) is 17.5. The Bertz CT molecular complexity index is 855. The first-order valence-electron chi connectivity index (χ1n) is 10.2. The molecule has 4 bridgehead atoms. The summed E-state index contributed by atoms with van der Waals surface area (Å²) in [5, 5.41) is 21.0. The summed E-state index contributed by atoms with van der Waals surface area (Å²) in [7, 11) is 0. The molecule has 0 saturated heterocycles. The molecule has 0 spiro atoms. The van der Waals surface area contributed by atoms with E-state index in [4.69, 9.17) is 0 Å². The second kappa shape index (κ2) is 10.5. The first-order chi connectivity index (χ1) is 14.5. The van der Waals surface area contributed by atoms with Crippen molar-refractivity contribution in [1.82, 2.24) is 0 Å². The first-order valence-corrected chi connectivity index (χ1v) is 10.2. The number of hydrogen-bond donors (Lipinski definition) is 2. The molecule has 0 atom stereocenters. The molecule has 30 heavy (non-hydrogen) atoms. The van der Waals surface area contributed by atoms with Crippen LogP contribution in [0, 0.1) is 13.8 Å². The zero-order valence-electron chi connectivity index (χ0n) is 17.5. The fourth-order valence-corrected chi connectivity index (χ4v) is 3.22. The lowest BCUT2D eigenvalue weighted by Crippen LogP contribution is -1.96. The Morgan fingerprint density at radius 1 is 0.533 bits per heavy atom. The number of phenols is 2. The highest BCUT2D eigenvalue weighted by atomic mass is 16.3. The summed E-state index contributed by atoms with van der Waals surface area (Å²) in [6.07, 6.45) is 8.36. The van der Waals surface area contributed by atoms with E-state index in [1.807, 2.05) is 38.1 Å². The maximum atomic E-state index is 10.5. The molecule has 1 heterocycles. The van der Waals surface area contributed by atoms with E-state index in [1.165, 1.54) is 0 Å². The smallest absolute Gasteiger partial charge is 0.133 e. The molecule has 1 aliphatic rings. The van der Waals surface area contributed by atoms with Gasteiger partial charge in [-0.1, -0.05) is 0 Å². The third-order valence-corrected chi connectivity index (χ3v) is 4.70. The molecule has 3 rings (SSSR count). The van der Waals surface area contributed by atoms with E-state index in [-0.39, 0.29) is 11.5 Å². The Hall–Kier alpha value is -3.28. The van der Waals surface area contributed by atoms with Crippen molar-refractivity contribution in [2.45, 2.75) is 26.7 Å². The average molecular weight is 405 g/mol. The lowest BCUT2D eigenvalue weighted by atomic mass is 10.1. The second-order valence-electron chi connectivity index (χ2n) is 7.43. The van der Waals surface area contributed by atoms with Gasteiger partial charge in [0.1, 0.15) is 11.5 Å². The number of aliphatic imine (C=N–C) groups is 4. The van der Waals surface area contributed by atoms with Crippen LogP contribution >= 0.6 is 0 Å². The summed E-state index contributed by atoms with van der Waals surface area (Å²) in [6, 6.07) is 7.64. The summed E-state index contributed by atoms with van der Waals surface area (Å²) in [5.74, 6) is 0.394. The molecule has 2 aromatic carbocycles. The van der Waals surface area contributed by atoms with Crippen LogP contribution in [0.3, 0.4) is 0 Å². The van der Waals surface area contributed by atoms with Crippen LogP contribution in [0.5, 0.6) is 11.5 Å². The van der Waals surface area contributed by atoms with Gasteiger partial charge in [-0.25, -0.2) is 0 Å². The SMILES string of the molecule is Cc1cc2c(O)c(c1)C=NCCCN=Cc1cc(C)cc(c1O)C=NCCCN=C2. The van der Waals surface area contributed by atoms with E-state index in [2.05, 4.69) is 20.0 Å². The van der Waals surface area contributed by atoms with E-state index in [0.717, 1.165) is 24.0 Å². The lowest BCUT2D eigenvalue weighted by Gasteiger charge is -2.06. The molecule has 0 saturated carbocycles. The van der Waals surface area contributed by atoms with Gasteiger partial charge in [-0.3, -0.25) is 20.0 Å². The molecular weight excluding hydrogens is 376 g/mol. The van der Waals surface area contributed by atoms with Gasteiger partial charge >= 0.3 is 0 Å². The molecule has 2 N–H and O–H groups in total. The summed E-state index contributed by atoms with van der Waals surface area (Å²) >= 11 is 0. The maximum absolute atomic E-state index is 10.5. The number of phenolic OH excluding ortho intramolecular Hbond substituents is 2. The van der Waals surface area contributed by atoms with Crippen molar-refractivity contribution in [3.05, 3.63) is 57.6 Å². The minimum absolute atomic E-state index is 0.197. The maximum Gasteiger partial charge on any atom is 0.133 e. The van der Waals surface area contributed by atoms with Gasteiger partial charge in [-0.05, 0) is 62.1 Å². The molecule has 2 aromatic rings. The molecule has 156 valence electrons. The fourth-order valence-electron chi connectivity index (χ4n) is 3.22. The van der Waals surface area contributed by atoms with Gasteiger partial charge in [0, 0.05) is 73.3 Å². The van der Waals surface area contributed by atoms with Crippen LogP contribution in [-0.4, -0.2) is 61.3 Å². The Morgan fingerprint density at radius 3 is 1.07 bits per heavy atom. The highest BCUT2D eigenvalue weighted by molar-refractivity contribution is 5.93. The quantitative estimate of drug-likeness (QED) is 0.698. The van der Waals surface area contributed by atoms with Crippen molar-refractivity contribution < 1.29 is 10.2 Å². The molecular formula is C24H28N4O2. The molecule has 6 heteroatoms. The van der Waals surface area contributed by atoms with Crippen LogP contribution in [0.25, 0.3) is 0 Å². The predicted molar refractivity (Wildman–Crippen MR) is 125 cm³/mol. The number of rotatable bonds is 0. The Morgan fingerprint density at radius 2 is 0.800 bits per heavy atom. The minimum atomic E-state index is 0.197. The normalized spacial score (nSPS) is 15.3. The molecule has 0 amide bonds. The number of aromatic hydroxyl groups is 2. The van der Waals surface area contributed by atoms with E-state index in [9.17, 15) is 10.2 Å². The van der Waals surface area contributed by atoms with Crippen molar-refractivity contribution in [3.8, 4) is 11.5 Å². The minimum Gasteiger partial charge on any atom is -0.507 e. The van der Waals surface area contributed by atoms with Gasteiger partial charge in [0.25, 0.3) is 0 Å². The van der Waals surface area contributed by atoms with E-state index in [0.29, 0.717) is 48.4 Å². The Balaban J connectivity index is 1.83. The van der Waals surface area contributed by atoms with Crippen LogP contribution in [-0.2, 0) is 0 Å². The molecule has 0 aliphatic carbocycles. The Kier molecular flexibility index (Phi) is 7.49. The van der Waals surface area contributed by atoms with Gasteiger partial charge in [0.05, 0.1) is 0 Å². The number of benzene rings is 2. The van der Waals surface area contributed by atoms with Crippen LogP contribution in [0.4, 0.5) is 0 Å². The highest BCUT2D eigenvalue weighted by Crippen LogP contribution is 2.23. The first kappa shape index (κ1) is 21.4. The van der Waals surface area contributed by atoms with Crippen LogP contribution in [0.15, 0.2) is 44.2 Å². The zero-order chi connectivity index (χ0) is 21.3. The van der Waals surface area contributed by atoms with Crippen molar-refractivity contribution in [1.29, 1.82) is 0 Å². The van der Waals surface area contributed by atoms with Gasteiger partial charge in [0.2, 0.25) is 0 Å².